The van der Waals surface area contributed by atoms with Gasteiger partial charge in [0.25, 0.3) is 0 Å². The Bertz CT molecular complexity index is 678. The lowest BCUT2D eigenvalue weighted by Crippen LogP contribution is -2.29. The van der Waals surface area contributed by atoms with Crippen LogP contribution < -0.4 is 0 Å². The van der Waals surface area contributed by atoms with Crippen molar-refractivity contribution in [2.24, 2.45) is 0 Å². The summed E-state index contributed by atoms with van der Waals surface area (Å²) in [6.07, 6.45) is 0. The summed E-state index contributed by atoms with van der Waals surface area (Å²) in [4.78, 5) is 0. The number of rotatable bonds is 3. The van der Waals surface area contributed by atoms with Gasteiger partial charge in [0.15, 0.2) is 0 Å². The Kier molecular flexibility index (Phi) is 8.15. The van der Waals surface area contributed by atoms with E-state index in [1.54, 1.807) is 0 Å². The Balaban J connectivity index is 0.00000176. The Hall–Kier alpha value is -2.38. The molecule has 3 aromatic carbocycles. The molecule has 3 rings (SSSR count). The minimum Gasteiger partial charge on any atom is -0.376 e. The molecule has 24 heavy (non-hydrogen) atoms. The lowest BCUT2D eigenvalue weighted by molar-refractivity contribution is 0.125. The van der Waals surface area contributed by atoms with Gasteiger partial charge in [-0.3, -0.25) is 0 Å². The fourth-order valence-corrected chi connectivity index (χ4v) is 2.82. The minimum atomic E-state index is -1.13. The van der Waals surface area contributed by atoms with Crippen LogP contribution in [-0.4, -0.2) is 5.11 Å². The standard InChI is InChI=1S/C20H18O.3CH4/c1-16-10-8-9-15-19(16)20(21,17-11-4-2-5-12-17)18-13-6-3-7-14-18;;;/h2-15,21H,1H3;3*1H4. The largest absolute Gasteiger partial charge is 0.376 e. The van der Waals surface area contributed by atoms with Crippen molar-refractivity contribution in [1.29, 1.82) is 0 Å². The van der Waals surface area contributed by atoms with Crippen LogP contribution in [0.2, 0.25) is 0 Å². The van der Waals surface area contributed by atoms with E-state index in [-0.39, 0.29) is 22.3 Å². The highest BCUT2D eigenvalue weighted by Crippen LogP contribution is 2.37. The van der Waals surface area contributed by atoms with Crippen LogP contribution in [0.25, 0.3) is 0 Å². The lowest BCUT2D eigenvalue weighted by Gasteiger charge is -2.31. The molecular formula is C23H30O. The molecule has 1 nitrogen and oxygen atoms in total. The van der Waals surface area contributed by atoms with Crippen LogP contribution in [0.1, 0.15) is 44.5 Å². The quantitative estimate of drug-likeness (QED) is 0.570. The SMILES string of the molecule is C.C.C.Cc1ccccc1C(O)(c1ccccc1)c1ccccc1. The van der Waals surface area contributed by atoms with E-state index in [4.69, 9.17) is 0 Å². The third-order valence-electron chi connectivity index (χ3n) is 3.92. The Morgan fingerprint density at radius 3 is 1.38 bits per heavy atom. The fourth-order valence-electron chi connectivity index (χ4n) is 2.82. The molecule has 0 aromatic heterocycles. The number of hydrogen-bond donors (Lipinski definition) is 1. The van der Waals surface area contributed by atoms with Gasteiger partial charge in [0, 0.05) is 0 Å². The van der Waals surface area contributed by atoms with Crippen LogP contribution in [-0.2, 0) is 5.60 Å². The lowest BCUT2D eigenvalue weighted by atomic mass is 9.79. The maximum absolute atomic E-state index is 11.6. The second-order valence-corrected chi connectivity index (χ2v) is 5.26. The highest BCUT2D eigenvalue weighted by molar-refractivity contribution is 5.49. The molecule has 0 radical (unpaired) electrons. The maximum Gasteiger partial charge on any atom is 0.140 e. The molecule has 0 saturated carbocycles. The van der Waals surface area contributed by atoms with Gasteiger partial charge in [-0.1, -0.05) is 107 Å². The zero-order valence-electron chi connectivity index (χ0n) is 12.0. The average molecular weight is 322 g/mol. The van der Waals surface area contributed by atoms with E-state index < -0.39 is 5.60 Å². The number of benzene rings is 3. The van der Waals surface area contributed by atoms with Crippen LogP contribution in [0.4, 0.5) is 0 Å². The molecule has 128 valence electrons. The molecule has 3 aromatic rings. The van der Waals surface area contributed by atoms with Gasteiger partial charge in [-0.15, -0.1) is 0 Å². The zero-order valence-corrected chi connectivity index (χ0v) is 12.0. The zero-order chi connectivity index (χ0) is 14.7. The first kappa shape index (κ1) is 21.6. The molecule has 0 bridgehead atoms. The van der Waals surface area contributed by atoms with E-state index in [9.17, 15) is 5.11 Å². The topological polar surface area (TPSA) is 20.2 Å². The van der Waals surface area contributed by atoms with Crippen molar-refractivity contribution >= 4 is 0 Å². The van der Waals surface area contributed by atoms with Crippen molar-refractivity contribution in [1.82, 2.24) is 0 Å². The Morgan fingerprint density at radius 1 is 0.583 bits per heavy atom. The molecular weight excluding hydrogens is 292 g/mol. The van der Waals surface area contributed by atoms with Gasteiger partial charge in [-0.2, -0.15) is 0 Å². The molecule has 0 heterocycles. The Labute approximate surface area is 147 Å². The van der Waals surface area contributed by atoms with Gasteiger partial charge in [0.1, 0.15) is 5.60 Å². The van der Waals surface area contributed by atoms with E-state index in [2.05, 4.69) is 0 Å². The summed E-state index contributed by atoms with van der Waals surface area (Å²) in [5.74, 6) is 0. The van der Waals surface area contributed by atoms with Gasteiger partial charge in [-0.25, -0.2) is 0 Å². The van der Waals surface area contributed by atoms with E-state index >= 15 is 0 Å². The number of hydrogen-bond acceptors (Lipinski definition) is 1. The predicted octanol–water partition coefficient (Wildman–Crippen LogP) is 6.19. The van der Waals surface area contributed by atoms with Gasteiger partial charge in [0.2, 0.25) is 0 Å². The van der Waals surface area contributed by atoms with Gasteiger partial charge in [0.05, 0.1) is 0 Å². The second kappa shape index (κ2) is 9.05. The average Bonchev–Trinajstić information content (AvgIpc) is 2.56. The van der Waals surface area contributed by atoms with Crippen molar-refractivity contribution in [3.63, 3.8) is 0 Å². The van der Waals surface area contributed by atoms with Crippen LogP contribution in [0.3, 0.4) is 0 Å². The van der Waals surface area contributed by atoms with E-state index in [0.29, 0.717) is 0 Å². The first-order chi connectivity index (χ1) is 10.2. The normalized spacial score (nSPS) is 9.92. The Morgan fingerprint density at radius 2 is 0.958 bits per heavy atom. The van der Waals surface area contributed by atoms with Crippen molar-refractivity contribution in [3.05, 3.63) is 107 Å². The first-order valence-corrected chi connectivity index (χ1v) is 7.12. The van der Waals surface area contributed by atoms with Crippen molar-refractivity contribution in [3.8, 4) is 0 Å². The van der Waals surface area contributed by atoms with Crippen LogP contribution in [0.5, 0.6) is 0 Å². The van der Waals surface area contributed by atoms with Gasteiger partial charge >= 0.3 is 0 Å². The third-order valence-corrected chi connectivity index (χ3v) is 3.92. The van der Waals surface area contributed by atoms with Crippen molar-refractivity contribution in [2.45, 2.75) is 34.8 Å². The first-order valence-electron chi connectivity index (χ1n) is 7.12. The summed E-state index contributed by atoms with van der Waals surface area (Å²) in [5.41, 5.74) is 2.62. The smallest absolute Gasteiger partial charge is 0.140 e. The summed E-state index contributed by atoms with van der Waals surface area (Å²) >= 11 is 0. The van der Waals surface area contributed by atoms with Crippen LogP contribution in [0, 0.1) is 6.92 Å². The van der Waals surface area contributed by atoms with E-state index in [0.717, 1.165) is 22.3 Å². The summed E-state index contributed by atoms with van der Waals surface area (Å²) in [7, 11) is 0. The second-order valence-electron chi connectivity index (χ2n) is 5.26. The molecule has 0 unspecified atom stereocenters. The molecule has 0 spiro atoms. The molecule has 0 amide bonds. The minimum absolute atomic E-state index is 0. The van der Waals surface area contributed by atoms with Gasteiger partial charge < -0.3 is 5.11 Å². The number of aryl methyl sites for hydroxylation is 1. The summed E-state index contributed by atoms with van der Waals surface area (Å²) in [6.45, 7) is 2.03. The molecule has 1 heteroatoms. The molecule has 0 aliphatic rings. The summed E-state index contributed by atoms with van der Waals surface area (Å²) in [6, 6.07) is 27.7. The third kappa shape index (κ3) is 3.74. The monoisotopic (exact) mass is 322 g/mol. The van der Waals surface area contributed by atoms with Crippen molar-refractivity contribution < 1.29 is 5.11 Å². The van der Waals surface area contributed by atoms with E-state index in [1.807, 2.05) is 91.9 Å². The fraction of sp³-hybridized carbons (Fsp3) is 0.217. The van der Waals surface area contributed by atoms with Crippen LogP contribution in [0.15, 0.2) is 84.9 Å². The molecule has 1 N–H and O–H groups in total. The molecule has 0 aliphatic carbocycles. The maximum atomic E-state index is 11.6. The van der Waals surface area contributed by atoms with Gasteiger partial charge in [-0.05, 0) is 29.2 Å². The highest BCUT2D eigenvalue weighted by Gasteiger charge is 2.34. The molecule has 0 aliphatic heterocycles. The predicted molar refractivity (Wildman–Crippen MR) is 106 cm³/mol. The summed E-state index contributed by atoms with van der Waals surface area (Å²) in [5, 5.41) is 11.6. The molecule has 0 atom stereocenters. The number of aliphatic hydroxyl groups is 1. The van der Waals surface area contributed by atoms with Crippen LogP contribution >= 0.6 is 0 Å². The van der Waals surface area contributed by atoms with E-state index in [1.165, 1.54) is 0 Å². The highest BCUT2D eigenvalue weighted by atomic mass is 16.3. The molecule has 0 fully saturated rings. The summed E-state index contributed by atoms with van der Waals surface area (Å²) < 4.78 is 0. The van der Waals surface area contributed by atoms with Crippen molar-refractivity contribution in [2.75, 3.05) is 0 Å². The molecule has 0 saturated heterocycles.